The molecule has 32 heavy (non-hydrogen) atoms. The fourth-order valence-electron chi connectivity index (χ4n) is 3.37. The van der Waals surface area contributed by atoms with E-state index in [0.717, 1.165) is 49.9 Å². The Bertz CT molecular complexity index is 893. The van der Waals surface area contributed by atoms with Crippen molar-refractivity contribution in [3.05, 3.63) is 84.0 Å². The standard InChI is InChI=1S/C24H33N7O/c1-3-30(4-2)16-6-5-11-25-17-20-7-9-21(10-8-20)24(32)31(18-22-26-12-13-27-22)19-23-28-14-15-29-23/h5-10,12-15,25H,3-4,11,16-19H2,1-2H3,(H,26,27)(H,28,29)/b6-5+. The van der Waals surface area contributed by atoms with Crippen molar-refractivity contribution in [3.63, 3.8) is 0 Å². The maximum Gasteiger partial charge on any atom is 0.254 e. The van der Waals surface area contributed by atoms with E-state index in [9.17, 15) is 4.79 Å². The maximum atomic E-state index is 13.2. The highest BCUT2D eigenvalue weighted by Gasteiger charge is 2.18. The number of likely N-dealkylation sites (N-methyl/N-ethyl adjacent to an activating group) is 1. The topological polar surface area (TPSA) is 92.9 Å². The molecule has 3 aromatic rings. The van der Waals surface area contributed by atoms with Gasteiger partial charge in [0.2, 0.25) is 0 Å². The molecule has 1 aromatic carbocycles. The first-order valence-electron chi connectivity index (χ1n) is 11.1. The van der Waals surface area contributed by atoms with E-state index in [1.165, 1.54) is 0 Å². The average molecular weight is 436 g/mol. The van der Waals surface area contributed by atoms with Crippen molar-refractivity contribution in [1.82, 2.24) is 35.1 Å². The summed E-state index contributed by atoms with van der Waals surface area (Å²) < 4.78 is 0. The number of H-pyrrole nitrogens is 2. The van der Waals surface area contributed by atoms with Crippen molar-refractivity contribution in [2.75, 3.05) is 26.2 Å². The number of aromatic amines is 2. The van der Waals surface area contributed by atoms with E-state index in [1.807, 2.05) is 24.3 Å². The molecule has 0 aliphatic carbocycles. The zero-order valence-corrected chi connectivity index (χ0v) is 18.9. The number of carbonyl (C=O) groups excluding carboxylic acids is 1. The molecule has 2 aromatic heterocycles. The molecular formula is C24H33N7O. The van der Waals surface area contributed by atoms with Crippen molar-refractivity contribution in [1.29, 1.82) is 0 Å². The van der Waals surface area contributed by atoms with Crippen LogP contribution >= 0.6 is 0 Å². The van der Waals surface area contributed by atoms with Crippen molar-refractivity contribution >= 4 is 5.91 Å². The Labute approximate surface area is 189 Å². The molecule has 0 unspecified atom stereocenters. The number of hydrogen-bond acceptors (Lipinski definition) is 5. The molecule has 0 atom stereocenters. The minimum atomic E-state index is -0.0587. The van der Waals surface area contributed by atoms with E-state index in [-0.39, 0.29) is 5.91 Å². The van der Waals surface area contributed by atoms with Gasteiger partial charge < -0.3 is 25.1 Å². The van der Waals surface area contributed by atoms with Gasteiger partial charge in [0.25, 0.3) is 5.91 Å². The van der Waals surface area contributed by atoms with Crippen LogP contribution in [0.1, 0.15) is 41.4 Å². The van der Waals surface area contributed by atoms with Crippen LogP contribution in [-0.4, -0.2) is 61.8 Å². The average Bonchev–Trinajstić information content (AvgIpc) is 3.53. The van der Waals surface area contributed by atoms with Crippen LogP contribution in [0.4, 0.5) is 0 Å². The number of aromatic nitrogens is 4. The van der Waals surface area contributed by atoms with Gasteiger partial charge in [-0.3, -0.25) is 4.79 Å². The van der Waals surface area contributed by atoms with Crippen LogP contribution in [0.25, 0.3) is 0 Å². The summed E-state index contributed by atoms with van der Waals surface area (Å²) in [6, 6.07) is 7.76. The smallest absolute Gasteiger partial charge is 0.254 e. The first-order valence-corrected chi connectivity index (χ1v) is 11.1. The molecular weight excluding hydrogens is 402 g/mol. The molecule has 0 spiro atoms. The summed E-state index contributed by atoms with van der Waals surface area (Å²) >= 11 is 0. The van der Waals surface area contributed by atoms with Crippen molar-refractivity contribution in [2.45, 2.75) is 33.5 Å². The number of amides is 1. The van der Waals surface area contributed by atoms with Crippen molar-refractivity contribution in [2.24, 2.45) is 0 Å². The quantitative estimate of drug-likeness (QED) is 0.284. The molecule has 0 aliphatic rings. The Kier molecular flexibility index (Phi) is 9.21. The molecule has 8 heteroatoms. The molecule has 3 rings (SSSR count). The van der Waals surface area contributed by atoms with Gasteiger partial charge in [0.1, 0.15) is 11.6 Å². The number of rotatable bonds is 13. The number of benzene rings is 1. The van der Waals surface area contributed by atoms with Crippen LogP contribution in [0.15, 0.2) is 61.2 Å². The van der Waals surface area contributed by atoms with Crippen LogP contribution in [0.3, 0.4) is 0 Å². The van der Waals surface area contributed by atoms with E-state index < -0.39 is 0 Å². The summed E-state index contributed by atoms with van der Waals surface area (Å²) in [5, 5.41) is 3.42. The van der Waals surface area contributed by atoms with Gasteiger partial charge in [-0.2, -0.15) is 0 Å². The van der Waals surface area contributed by atoms with E-state index in [0.29, 0.717) is 18.7 Å². The summed E-state index contributed by atoms with van der Waals surface area (Å²) in [5.41, 5.74) is 1.79. The number of hydrogen-bond donors (Lipinski definition) is 3. The fraction of sp³-hybridized carbons (Fsp3) is 0.375. The second kappa shape index (κ2) is 12.6. The maximum absolute atomic E-state index is 13.2. The Morgan fingerprint density at radius 1 is 0.969 bits per heavy atom. The summed E-state index contributed by atoms with van der Waals surface area (Å²) in [7, 11) is 0. The van der Waals surface area contributed by atoms with Gasteiger partial charge in [-0.15, -0.1) is 0 Å². The van der Waals surface area contributed by atoms with Crippen LogP contribution < -0.4 is 5.32 Å². The minimum absolute atomic E-state index is 0.0587. The fourth-order valence-corrected chi connectivity index (χ4v) is 3.37. The number of imidazole rings is 2. The lowest BCUT2D eigenvalue weighted by Gasteiger charge is -2.21. The van der Waals surface area contributed by atoms with Gasteiger partial charge in [0.15, 0.2) is 0 Å². The van der Waals surface area contributed by atoms with Crippen molar-refractivity contribution in [3.8, 4) is 0 Å². The monoisotopic (exact) mass is 435 g/mol. The molecule has 170 valence electrons. The lowest BCUT2D eigenvalue weighted by molar-refractivity contribution is 0.0721. The Morgan fingerprint density at radius 3 is 2.12 bits per heavy atom. The SMILES string of the molecule is CCN(CC)C/C=C/CNCc1ccc(C(=O)N(Cc2ncc[nH]2)Cc2ncc[nH]2)cc1. The van der Waals surface area contributed by atoms with Crippen LogP contribution in [0.5, 0.6) is 0 Å². The Morgan fingerprint density at radius 2 is 1.59 bits per heavy atom. The highest BCUT2D eigenvalue weighted by atomic mass is 16.2. The van der Waals surface area contributed by atoms with Gasteiger partial charge in [-0.1, -0.05) is 38.1 Å². The zero-order chi connectivity index (χ0) is 22.6. The van der Waals surface area contributed by atoms with E-state index in [1.54, 1.807) is 29.7 Å². The third-order valence-corrected chi connectivity index (χ3v) is 5.30. The third kappa shape index (κ3) is 7.18. The molecule has 1 amide bonds. The summed E-state index contributed by atoms with van der Waals surface area (Å²) in [4.78, 5) is 31.9. The van der Waals surface area contributed by atoms with E-state index in [4.69, 9.17) is 0 Å². The van der Waals surface area contributed by atoms with Crippen LogP contribution in [0.2, 0.25) is 0 Å². The molecule has 0 fully saturated rings. The highest BCUT2D eigenvalue weighted by Crippen LogP contribution is 2.12. The Balaban J connectivity index is 1.53. The van der Waals surface area contributed by atoms with Gasteiger partial charge >= 0.3 is 0 Å². The number of carbonyl (C=O) groups is 1. The largest absolute Gasteiger partial charge is 0.347 e. The van der Waals surface area contributed by atoms with Gasteiger partial charge in [0, 0.05) is 50.0 Å². The van der Waals surface area contributed by atoms with Gasteiger partial charge in [-0.05, 0) is 30.8 Å². The first-order chi connectivity index (χ1) is 15.7. The summed E-state index contributed by atoms with van der Waals surface area (Å²) in [5.74, 6) is 1.41. The molecule has 0 bridgehead atoms. The predicted molar refractivity (Wildman–Crippen MR) is 126 cm³/mol. The van der Waals surface area contributed by atoms with Crippen LogP contribution in [-0.2, 0) is 19.6 Å². The molecule has 0 saturated heterocycles. The second-order valence-corrected chi connectivity index (χ2v) is 7.52. The molecule has 0 aliphatic heterocycles. The first kappa shape index (κ1) is 23.4. The van der Waals surface area contributed by atoms with E-state index >= 15 is 0 Å². The molecule has 0 radical (unpaired) electrons. The third-order valence-electron chi connectivity index (χ3n) is 5.30. The number of nitrogens with zero attached hydrogens (tertiary/aromatic N) is 4. The Hall–Kier alpha value is -3.23. The second-order valence-electron chi connectivity index (χ2n) is 7.52. The highest BCUT2D eigenvalue weighted by molar-refractivity contribution is 5.94. The lowest BCUT2D eigenvalue weighted by Crippen LogP contribution is -2.31. The molecule has 3 N–H and O–H groups in total. The van der Waals surface area contributed by atoms with Crippen molar-refractivity contribution < 1.29 is 4.79 Å². The summed E-state index contributed by atoms with van der Waals surface area (Å²) in [6.07, 6.45) is 11.2. The van der Waals surface area contributed by atoms with Crippen LogP contribution in [0, 0.1) is 0 Å². The van der Waals surface area contributed by atoms with E-state index in [2.05, 4.69) is 56.2 Å². The minimum Gasteiger partial charge on any atom is -0.347 e. The van der Waals surface area contributed by atoms with Gasteiger partial charge in [0.05, 0.1) is 13.1 Å². The molecule has 8 nitrogen and oxygen atoms in total. The zero-order valence-electron chi connectivity index (χ0n) is 18.9. The predicted octanol–water partition coefficient (Wildman–Crippen LogP) is 2.96. The molecule has 2 heterocycles. The number of nitrogens with one attached hydrogen (secondary N) is 3. The van der Waals surface area contributed by atoms with Gasteiger partial charge in [-0.25, -0.2) is 9.97 Å². The summed E-state index contributed by atoms with van der Waals surface area (Å²) in [6.45, 7) is 9.83. The lowest BCUT2D eigenvalue weighted by atomic mass is 10.1. The molecule has 0 saturated carbocycles. The normalized spacial score (nSPS) is 11.5.